The van der Waals surface area contributed by atoms with E-state index in [4.69, 9.17) is 21.1 Å². The topological polar surface area (TPSA) is 68.7 Å². The van der Waals surface area contributed by atoms with Crippen molar-refractivity contribution in [1.29, 1.82) is 0 Å². The fraction of sp³-hybridized carbons (Fsp3) is 0.312. The van der Waals surface area contributed by atoms with Crippen LogP contribution < -0.4 is 9.47 Å². The molecule has 0 N–H and O–H groups in total. The third-order valence-corrected chi connectivity index (χ3v) is 6.15. The Balaban J connectivity index is 1.77. The van der Waals surface area contributed by atoms with E-state index in [-0.39, 0.29) is 22.6 Å². The van der Waals surface area contributed by atoms with E-state index in [1.165, 1.54) is 23.5 Å². The van der Waals surface area contributed by atoms with Crippen molar-refractivity contribution in [3.05, 3.63) is 47.7 Å². The average Bonchev–Trinajstić information content (AvgIpc) is 3.05. The maximum Gasteiger partial charge on any atom is 0.244 e. The predicted molar refractivity (Wildman–Crippen MR) is 90.0 cm³/mol. The summed E-state index contributed by atoms with van der Waals surface area (Å²) in [6, 6.07) is 8.15. The van der Waals surface area contributed by atoms with Crippen molar-refractivity contribution in [2.24, 2.45) is 0 Å². The number of nitrogens with zero attached hydrogens (tertiary/aromatic N) is 2. The number of benzene rings is 1. The summed E-state index contributed by atoms with van der Waals surface area (Å²) in [5.74, 6) is 1.07. The Labute approximate surface area is 146 Å². The lowest BCUT2D eigenvalue weighted by Gasteiger charge is -2.18. The van der Waals surface area contributed by atoms with E-state index in [0.717, 1.165) is 0 Å². The van der Waals surface area contributed by atoms with Gasteiger partial charge in [0.15, 0.2) is 0 Å². The smallest absolute Gasteiger partial charge is 0.244 e. The first-order chi connectivity index (χ1) is 11.5. The molecule has 0 spiro atoms. The Bertz CT molecular complexity index is 814. The summed E-state index contributed by atoms with van der Waals surface area (Å²) in [5.41, 5.74) is 0. The summed E-state index contributed by atoms with van der Waals surface area (Å²) < 4.78 is 37.9. The van der Waals surface area contributed by atoms with Gasteiger partial charge in [-0.3, -0.25) is 4.98 Å². The number of hydrogen-bond donors (Lipinski definition) is 0. The van der Waals surface area contributed by atoms with Crippen LogP contribution in [0.3, 0.4) is 0 Å². The first-order valence-electron chi connectivity index (χ1n) is 7.41. The van der Waals surface area contributed by atoms with Crippen molar-refractivity contribution in [3.8, 4) is 11.5 Å². The first-order valence-corrected chi connectivity index (χ1v) is 9.23. The minimum absolute atomic E-state index is 0.0468. The van der Waals surface area contributed by atoms with Crippen LogP contribution in [0.1, 0.15) is 6.42 Å². The molecule has 0 bridgehead atoms. The van der Waals surface area contributed by atoms with Crippen molar-refractivity contribution in [2.45, 2.75) is 17.4 Å². The zero-order chi connectivity index (χ0) is 17.2. The molecule has 6 nitrogen and oxygen atoms in total. The highest BCUT2D eigenvalue weighted by Crippen LogP contribution is 2.31. The molecule has 0 unspecified atom stereocenters. The third-order valence-electron chi connectivity index (χ3n) is 3.80. The van der Waals surface area contributed by atoms with Gasteiger partial charge < -0.3 is 9.47 Å². The van der Waals surface area contributed by atoms with Crippen molar-refractivity contribution < 1.29 is 17.9 Å². The quantitative estimate of drug-likeness (QED) is 0.811. The number of hydrogen-bond acceptors (Lipinski definition) is 5. The number of pyridine rings is 1. The Hall–Kier alpha value is -1.83. The van der Waals surface area contributed by atoms with Gasteiger partial charge in [0, 0.05) is 18.8 Å². The number of halogens is 1. The lowest BCUT2D eigenvalue weighted by Crippen LogP contribution is -2.31. The average molecular weight is 369 g/mol. The van der Waals surface area contributed by atoms with Crippen molar-refractivity contribution in [2.75, 3.05) is 20.2 Å². The van der Waals surface area contributed by atoms with Crippen LogP contribution >= 0.6 is 11.6 Å². The SMILES string of the molecule is COc1ccc(Cl)c(S(=O)(=O)N2CC[C@H](Oc3cccnc3)C2)c1. The second kappa shape index (κ2) is 6.96. The molecule has 3 rings (SSSR count). The van der Waals surface area contributed by atoms with Crippen molar-refractivity contribution in [1.82, 2.24) is 9.29 Å². The highest BCUT2D eigenvalue weighted by atomic mass is 35.5. The van der Waals surface area contributed by atoms with Gasteiger partial charge in [0.05, 0.1) is 24.9 Å². The van der Waals surface area contributed by atoms with Gasteiger partial charge in [0.2, 0.25) is 10.0 Å². The molecule has 2 heterocycles. The molecule has 0 aliphatic carbocycles. The summed E-state index contributed by atoms with van der Waals surface area (Å²) in [6.07, 6.45) is 3.66. The van der Waals surface area contributed by atoms with E-state index in [9.17, 15) is 8.42 Å². The van der Waals surface area contributed by atoms with E-state index >= 15 is 0 Å². The number of ether oxygens (including phenoxy) is 2. The summed E-state index contributed by atoms with van der Waals surface area (Å²) >= 11 is 6.08. The number of aromatic nitrogens is 1. The highest BCUT2D eigenvalue weighted by molar-refractivity contribution is 7.89. The minimum Gasteiger partial charge on any atom is -0.497 e. The van der Waals surface area contributed by atoms with Gasteiger partial charge in [-0.25, -0.2) is 8.42 Å². The van der Waals surface area contributed by atoms with Gasteiger partial charge in [0.1, 0.15) is 22.5 Å². The summed E-state index contributed by atoms with van der Waals surface area (Å²) in [7, 11) is -2.22. The van der Waals surface area contributed by atoms with Crippen LogP contribution in [0, 0.1) is 0 Å². The molecule has 0 saturated carbocycles. The van der Waals surface area contributed by atoms with E-state index in [1.807, 2.05) is 0 Å². The van der Waals surface area contributed by atoms with Crippen LogP contribution in [-0.2, 0) is 10.0 Å². The Morgan fingerprint density at radius 3 is 2.83 bits per heavy atom. The van der Waals surface area contributed by atoms with E-state index in [2.05, 4.69) is 4.98 Å². The van der Waals surface area contributed by atoms with Crippen molar-refractivity contribution in [3.63, 3.8) is 0 Å². The molecule has 8 heteroatoms. The lowest BCUT2D eigenvalue weighted by molar-refractivity contribution is 0.214. The Morgan fingerprint density at radius 2 is 2.12 bits per heavy atom. The molecule has 1 fully saturated rings. The zero-order valence-corrected chi connectivity index (χ0v) is 14.6. The molecule has 1 aromatic heterocycles. The number of methoxy groups -OCH3 is 1. The number of rotatable bonds is 5. The molecular formula is C16H17ClN2O4S. The van der Waals surface area contributed by atoms with Crippen LogP contribution in [0.2, 0.25) is 5.02 Å². The molecule has 1 aromatic carbocycles. The van der Waals surface area contributed by atoms with E-state index in [1.54, 1.807) is 30.6 Å². The molecule has 24 heavy (non-hydrogen) atoms. The predicted octanol–water partition coefficient (Wildman–Crippen LogP) is 2.59. The molecule has 1 atom stereocenters. The molecule has 0 radical (unpaired) electrons. The maximum absolute atomic E-state index is 12.8. The molecule has 2 aromatic rings. The van der Waals surface area contributed by atoms with Gasteiger partial charge >= 0.3 is 0 Å². The van der Waals surface area contributed by atoms with Crippen LogP contribution in [-0.4, -0.2) is 44.0 Å². The standard InChI is InChI=1S/C16H17ClN2O4S/c1-22-12-4-5-15(17)16(9-12)24(20,21)19-8-6-14(11-19)23-13-3-2-7-18-10-13/h2-5,7,9-10,14H,6,8,11H2,1H3/t14-/m0/s1. The van der Waals surface area contributed by atoms with Crippen LogP contribution in [0.25, 0.3) is 0 Å². The Morgan fingerprint density at radius 1 is 1.29 bits per heavy atom. The van der Waals surface area contributed by atoms with Crippen molar-refractivity contribution >= 4 is 21.6 Å². The van der Waals surface area contributed by atoms with E-state index < -0.39 is 10.0 Å². The minimum atomic E-state index is -3.70. The van der Waals surface area contributed by atoms with Gasteiger partial charge in [-0.15, -0.1) is 0 Å². The third kappa shape index (κ3) is 3.48. The molecule has 1 aliphatic heterocycles. The van der Waals surface area contributed by atoms with Gasteiger partial charge in [-0.2, -0.15) is 4.31 Å². The normalized spacial score (nSPS) is 18.5. The monoisotopic (exact) mass is 368 g/mol. The van der Waals surface area contributed by atoms with Gasteiger partial charge in [0.25, 0.3) is 0 Å². The second-order valence-corrected chi connectivity index (χ2v) is 7.69. The molecule has 128 valence electrons. The fourth-order valence-corrected chi connectivity index (χ4v) is 4.54. The van der Waals surface area contributed by atoms with Crippen LogP contribution in [0.5, 0.6) is 11.5 Å². The molecular weight excluding hydrogens is 352 g/mol. The largest absolute Gasteiger partial charge is 0.497 e. The van der Waals surface area contributed by atoms with Gasteiger partial charge in [-0.05, 0) is 30.7 Å². The van der Waals surface area contributed by atoms with Crippen LogP contribution in [0.4, 0.5) is 0 Å². The van der Waals surface area contributed by atoms with Gasteiger partial charge in [-0.1, -0.05) is 11.6 Å². The second-order valence-electron chi connectivity index (χ2n) is 5.38. The molecule has 1 saturated heterocycles. The maximum atomic E-state index is 12.8. The lowest BCUT2D eigenvalue weighted by atomic mass is 10.3. The zero-order valence-electron chi connectivity index (χ0n) is 13.1. The summed E-state index contributed by atoms with van der Waals surface area (Å²) in [4.78, 5) is 4.03. The molecule has 1 aliphatic rings. The molecule has 0 amide bonds. The summed E-state index contributed by atoms with van der Waals surface area (Å²) in [6.45, 7) is 0.644. The summed E-state index contributed by atoms with van der Waals surface area (Å²) in [5, 5.41) is 0.174. The Kier molecular flexibility index (Phi) is 4.93. The fourth-order valence-electron chi connectivity index (χ4n) is 2.57. The van der Waals surface area contributed by atoms with E-state index in [0.29, 0.717) is 24.5 Å². The number of sulfonamides is 1. The first kappa shape index (κ1) is 17.0. The highest BCUT2D eigenvalue weighted by Gasteiger charge is 2.35. The van der Waals surface area contributed by atoms with Crippen LogP contribution in [0.15, 0.2) is 47.6 Å².